The lowest BCUT2D eigenvalue weighted by atomic mass is 9.91. The van der Waals surface area contributed by atoms with Crippen molar-refractivity contribution in [2.45, 2.75) is 127 Å². The molecule has 1 atom stereocenters. The Bertz CT molecular complexity index is 1210. The third kappa shape index (κ3) is 10.8. The van der Waals surface area contributed by atoms with Gasteiger partial charge in [0.2, 0.25) is 0 Å². The highest BCUT2D eigenvalue weighted by molar-refractivity contribution is 7.90. The number of quaternary nitrogens is 1. The van der Waals surface area contributed by atoms with E-state index in [0.29, 0.717) is 0 Å². The molecule has 2 aromatic rings. The van der Waals surface area contributed by atoms with Crippen molar-refractivity contribution in [3.8, 4) is 0 Å². The number of carboxylic acids is 1. The molecule has 10 nitrogen and oxygen atoms in total. The molecule has 1 aromatic heterocycles. The Morgan fingerprint density at radius 2 is 1.56 bits per heavy atom. The van der Waals surface area contributed by atoms with Gasteiger partial charge in [-0.15, -0.1) is 0 Å². The van der Waals surface area contributed by atoms with E-state index in [1.807, 2.05) is 6.92 Å². The summed E-state index contributed by atoms with van der Waals surface area (Å²) in [6.07, 6.45) is 16.0. The topological polar surface area (TPSA) is 147 Å². The summed E-state index contributed by atoms with van der Waals surface area (Å²) in [7, 11) is -3.86. The summed E-state index contributed by atoms with van der Waals surface area (Å²) in [5.41, 5.74) is 0.265. The number of aromatic nitrogens is 2. The number of nitrogens with one attached hydrogen (secondary N) is 1. The monoisotopic (exact) mass is 590 g/mol. The van der Waals surface area contributed by atoms with Crippen molar-refractivity contribution in [2.24, 2.45) is 0 Å². The fourth-order valence-corrected chi connectivity index (χ4v) is 6.46. The lowest BCUT2D eigenvalue weighted by Gasteiger charge is -2.27. The number of benzene rings is 1. The minimum absolute atomic E-state index is 0.0744. The zero-order valence-corrected chi connectivity index (χ0v) is 25.6. The van der Waals surface area contributed by atoms with Crippen LogP contribution in [0.1, 0.15) is 96.2 Å². The molecule has 2 aliphatic rings. The van der Waals surface area contributed by atoms with Gasteiger partial charge in [-0.1, -0.05) is 30.5 Å². The molecule has 0 saturated heterocycles. The maximum absolute atomic E-state index is 12.6. The van der Waals surface area contributed by atoms with Crippen LogP contribution in [0.25, 0.3) is 0 Å². The van der Waals surface area contributed by atoms with Crippen LogP contribution in [0.4, 0.5) is 4.79 Å². The van der Waals surface area contributed by atoms with Gasteiger partial charge in [0.05, 0.1) is 34.7 Å². The van der Waals surface area contributed by atoms with Gasteiger partial charge >= 0.3 is 6.09 Å². The van der Waals surface area contributed by atoms with Gasteiger partial charge in [0.15, 0.2) is 0 Å². The molecule has 2 saturated carbocycles. The first-order valence-corrected chi connectivity index (χ1v) is 16.2. The minimum atomic E-state index is -3.86. The van der Waals surface area contributed by atoms with Gasteiger partial charge in [-0.3, -0.25) is 0 Å². The molecular weight excluding hydrogens is 544 g/mol. The van der Waals surface area contributed by atoms with Gasteiger partial charge in [-0.25, -0.2) is 22.2 Å². The third-order valence-electron chi connectivity index (χ3n) is 7.44. The van der Waals surface area contributed by atoms with E-state index >= 15 is 0 Å². The number of carboxylic acid groups (broad SMARTS) is 1. The van der Waals surface area contributed by atoms with Gasteiger partial charge in [-0.05, 0) is 91.2 Å². The molecule has 1 aromatic carbocycles. The predicted octanol–water partition coefficient (Wildman–Crippen LogP) is 2.83. The van der Waals surface area contributed by atoms with Crippen molar-refractivity contribution in [2.75, 3.05) is 0 Å². The average Bonchev–Trinajstić information content (AvgIpc) is 3.39. The van der Waals surface area contributed by atoms with Gasteiger partial charge in [-0.2, -0.15) is 0 Å². The SMILES string of the molecule is C1CCC([NH2+]C2CCCCC2)CC1.Cc1ccc(S(=O)(=O)n2cnc(C[C@@H](NC(=O)OC(C)(C)C)C(=O)[O-])c2)cc1. The Balaban J connectivity index is 0.000000294. The third-order valence-corrected chi connectivity index (χ3v) is 9.07. The first-order valence-electron chi connectivity index (χ1n) is 14.7. The molecule has 41 heavy (non-hydrogen) atoms. The van der Waals surface area contributed by atoms with Crippen LogP contribution in [0.3, 0.4) is 0 Å². The molecule has 4 rings (SSSR count). The summed E-state index contributed by atoms with van der Waals surface area (Å²) in [5.74, 6) is -1.54. The van der Waals surface area contributed by atoms with E-state index in [1.165, 1.54) is 82.5 Å². The van der Waals surface area contributed by atoms with Crippen LogP contribution in [0, 0.1) is 6.92 Å². The number of aliphatic carboxylic acids is 1. The first-order chi connectivity index (χ1) is 19.3. The molecule has 0 radical (unpaired) electrons. The second-order valence-corrected chi connectivity index (χ2v) is 14.1. The number of amides is 1. The maximum atomic E-state index is 12.6. The Kier molecular flexibility index (Phi) is 11.8. The lowest BCUT2D eigenvalue weighted by Crippen LogP contribution is -2.95. The van der Waals surface area contributed by atoms with Crippen molar-refractivity contribution in [3.05, 3.63) is 48.0 Å². The number of hydrogen-bond donors (Lipinski definition) is 2. The number of hydrogen-bond acceptors (Lipinski definition) is 7. The molecule has 11 heteroatoms. The molecular formula is C30H46N4O6S. The standard InChI is InChI=1S/C18H23N3O6S.C12H23N/c1-12-5-7-14(8-6-12)28(25,26)21-10-13(19-11-21)9-15(16(22)23)20-17(24)27-18(2,3)4;1-3-7-11(8-4-1)13-12-9-5-2-6-10-12/h5-8,10-11,15H,9H2,1-4H3,(H,20,24)(H,22,23);11-13H,1-10H2/t15-;/m1./s1. The van der Waals surface area contributed by atoms with Gasteiger partial charge in [0.25, 0.3) is 10.0 Å². The van der Waals surface area contributed by atoms with Crippen molar-refractivity contribution in [1.82, 2.24) is 14.3 Å². The molecule has 0 unspecified atom stereocenters. The van der Waals surface area contributed by atoms with E-state index in [1.54, 1.807) is 32.9 Å². The van der Waals surface area contributed by atoms with Crippen LogP contribution in [0.2, 0.25) is 0 Å². The summed E-state index contributed by atoms with van der Waals surface area (Å²) in [6.45, 7) is 6.75. The van der Waals surface area contributed by atoms with E-state index in [-0.39, 0.29) is 17.0 Å². The van der Waals surface area contributed by atoms with Crippen LogP contribution in [0.15, 0.2) is 41.7 Å². The molecule has 228 valence electrons. The van der Waals surface area contributed by atoms with Gasteiger partial charge in [0.1, 0.15) is 11.9 Å². The molecule has 2 aliphatic carbocycles. The van der Waals surface area contributed by atoms with Crippen molar-refractivity contribution in [3.63, 3.8) is 0 Å². The highest BCUT2D eigenvalue weighted by Crippen LogP contribution is 2.19. The molecule has 3 N–H and O–H groups in total. The number of rotatable bonds is 8. The quantitative estimate of drug-likeness (QED) is 0.481. The molecule has 0 bridgehead atoms. The van der Waals surface area contributed by atoms with E-state index < -0.39 is 33.7 Å². The van der Waals surface area contributed by atoms with Crippen LogP contribution in [-0.2, 0) is 26.0 Å². The summed E-state index contributed by atoms with van der Waals surface area (Å²) < 4.78 is 31.2. The molecule has 0 aliphatic heterocycles. The number of aryl methyl sites for hydroxylation is 1. The number of carbonyl (C=O) groups excluding carboxylic acids is 2. The highest BCUT2D eigenvalue weighted by atomic mass is 32.2. The van der Waals surface area contributed by atoms with Gasteiger partial charge < -0.3 is 25.3 Å². The molecule has 0 spiro atoms. The Morgan fingerprint density at radius 1 is 1.02 bits per heavy atom. The highest BCUT2D eigenvalue weighted by Gasteiger charge is 2.24. The maximum Gasteiger partial charge on any atom is 0.408 e. The van der Waals surface area contributed by atoms with Crippen LogP contribution in [-0.4, -0.2) is 53.2 Å². The van der Waals surface area contributed by atoms with Crippen LogP contribution >= 0.6 is 0 Å². The predicted molar refractivity (Wildman–Crippen MR) is 154 cm³/mol. The second-order valence-electron chi connectivity index (χ2n) is 12.2. The number of nitrogens with zero attached hydrogens (tertiary/aromatic N) is 2. The van der Waals surface area contributed by atoms with Crippen LogP contribution in [0.5, 0.6) is 0 Å². The molecule has 1 heterocycles. The second kappa shape index (κ2) is 14.8. The van der Waals surface area contributed by atoms with Crippen molar-refractivity contribution in [1.29, 1.82) is 0 Å². The summed E-state index contributed by atoms with van der Waals surface area (Å²) in [5, 5.41) is 16.2. The zero-order chi connectivity index (χ0) is 30.0. The van der Waals surface area contributed by atoms with Crippen LogP contribution < -0.4 is 15.7 Å². The number of carbonyl (C=O) groups is 2. The number of alkyl carbamates (subject to hydrolysis) is 1. The molecule has 1 amide bonds. The fraction of sp³-hybridized carbons (Fsp3) is 0.633. The normalized spacial score (nSPS) is 17.7. The Labute approximate surface area is 244 Å². The molecule has 2 fully saturated rings. The largest absolute Gasteiger partial charge is 0.548 e. The summed E-state index contributed by atoms with van der Waals surface area (Å²) in [6, 6.07) is 6.84. The number of ether oxygens (including phenoxy) is 1. The van der Waals surface area contributed by atoms with E-state index in [2.05, 4.69) is 15.6 Å². The van der Waals surface area contributed by atoms with E-state index in [9.17, 15) is 23.1 Å². The minimum Gasteiger partial charge on any atom is -0.548 e. The fourth-order valence-electron chi connectivity index (χ4n) is 5.30. The van der Waals surface area contributed by atoms with E-state index in [4.69, 9.17) is 4.74 Å². The summed E-state index contributed by atoms with van der Waals surface area (Å²) in [4.78, 5) is 27.1. The van der Waals surface area contributed by atoms with Crippen molar-refractivity contribution >= 4 is 22.1 Å². The summed E-state index contributed by atoms with van der Waals surface area (Å²) >= 11 is 0. The van der Waals surface area contributed by atoms with Crippen molar-refractivity contribution < 1.29 is 33.2 Å². The van der Waals surface area contributed by atoms with Gasteiger partial charge in [0, 0.05) is 12.6 Å². The average molecular weight is 591 g/mol. The number of nitrogens with two attached hydrogens (primary N) is 1. The lowest BCUT2D eigenvalue weighted by molar-refractivity contribution is -0.725. The number of imidazole rings is 1. The Hall–Kier alpha value is -2.92. The zero-order valence-electron chi connectivity index (χ0n) is 24.8. The Morgan fingerprint density at radius 3 is 2.05 bits per heavy atom. The first kappa shape index (κ1) is 32.6. The smallest absolute Gasteiger partial charge is 0.408 e. The van der Waals surface area contributed by atoms with E-state index in [0.717, 1.165) is 27.9 Å².